The van der Waals surface area contributed by atoms with E-state index in [1.807, 2.05) is 11.8 Å². The van der Waals surface area contributed by atoms with E-state index in [0.29, 0.717) is 51.0 Å². The van der Waals surface area contributed by atoms with Crippen LogP contribution in [0.5, 0.6) is 0 Å². The normalized spacial score (nSPS) is 22.8. The first-order valence-corrected chi connectivity index (χ1v) is 12.9. The number of aliphatic hydroxyl groups excluding tert-OH is 1. The largest absolute Gasteiger partial charge is 0.497 e. The van der Waals surface area contributed by atoms with Crippen molar-refractivity contribution < 1.29 is 24.1 Å². The first-order chi connectivity index (χ1) is 15.3. The zero-order chi connectivity index (χ0) is 23.5. The number of ether oxygens (including phenoxy) is 3. The summed E-state index contributed by atoms with van der Waals surface area (Å²) in [5, 5.41) is 9.61. The molecule has 1 N–H and O–H groups in total. The average molecular weight is 517 g/mol. The zero-order valence-electron chi connectivity index (χ0n) is 20.3. The molecular formula is C25H42BrNO5. The predicted molar refractivity (Wildman–Crippen MR) is 131 cm³/mol. The number of nitrogens with zero attached hydrogens (tertiary/aromatic N) is 1. The Morgan fingerprint density at radius 3 is 2.69 bits per heavy atom. The van der Waals surface area contributed by atoms with Crippen LogP contribution in [0, 0.1) is 5.92 Å². The van der Waals surface area contributed by atoms with Gasteiger partial charge in [-0.05, 0) is 57.9 Å². The van der Waals surface area contributed by atoms with Crippen LogP contribution in [0.15, 0.2) is 21.9 Å². The van der Waals surface area contributed by atoms with Gasteiger partial charge in [0, 0.05) is 56.2 Å². The summed E-state index contributed by atoms with van der Waals surface area (Å²) in [6, 6.07) is 0.314. The number of hydrogen-bond acceptors (Lipinski definition) is 5. The van der Waals surface area contributed by atoms with Gasteiger partial charge >= 0.3 is 0 Å². The maximum absolute atomic E-state index is 12.9. The summed E-state index contributed by atoms with van der Waals surface area (Å²) in [5.74, 6) is 1.56. The fourth-order valence-corrected chi connectivity index (χ4v) is 4.86. The van der Waals surface area contributed by atoms with E-state index in [1.165, 1.54) is 0 Å². The second-order valence-electron chi connectivity index (χ2n) is 9.23. The van der Waals surface area contributed by atoms with Gasteiger partial charge < -0.3 is 24.2 Å². The number of amides is 1. The van der Waals surface area contributed by atoms with Crippen LogP contribution in [-0.2, 0) is 19.0 Å². The van der Waals surface area contributed by atoms with Crippen LogP contribution >= 0.6 is 15.9 Å². The van der Waals surface area contributed by atoms with E-state index in [4.69, 9.17) is 14.2 Å². The predicted octanol–water partition coefficient (Wildman–Crippen LogP) is 4.95. The quantitative estimate of drug-likeness (QED) is 0.262. The van der Waals surface area contributed by atoms with Gasteiger partial charge in [-0.25, -0.2) is 0 Å². The molecule has 2 aliphatic rings. The Morgan fingerprint density at radius 2 is 2.06 bits per heavy atom. The fraction of sp³-hybridized carbons (Fsp3) is 0.800. The number of rotatable bonds is 14. The number of hydrogen-bond donors (Lipinski definition) is 1. The lowest BCUT2D eigenvalue weighted by Gasteiger charge is -2.27. The van der Waals surface area contributed by atoms with Gasteiger partial charge in [-0.15, -0.1) is 0 Å². The van der Waals surface area contributed by atoms with E-state index in [-0.39, 0.29) is 12.0 Å². The van der Waals surface area contributed by atoms with Crippen molar-refractivity contribution >= 4 is 21.8 Å². The molecule has 0 aromatic heterocycles. The van der Waals surface area contributed by atoms with Crippen LogP contribution in [0.2, 0.25) is 0 Å². The molecule has 1 saturated carbocycles. The van der Waals surface area contributed by atoms with Gasteiger partial charge in [-0.3, -0.25) is 4.79 Å². The van der Waals surface area contributed by atoms with Gasteiger partial charge in [-0.2, -0.15) is 0 Å². The lowest BCUT2D eigenvalue weighted by atomic mass is 9.98. The van der Waals surface area contributed by atoms with E-state index < -0.39 is 6.10 Å². The number of aliphatic hydroxyl groups is 1. The third-order valence-corrected chi connectivity index (χ3v) is 6.61. The van der Waals surface area contributed by atoms with E-state index in [2.05, 4.69) is 28.9 Å². The van der Waals surface area contributed by atoms with Crippen LogP contribution in [0.4, 0.5) is 0 Å². The monoisotopic (exact) mass is 515 g/mol. The van der Waals surface area contributed by atoms with Gasteiger partial charge in [-0.1, -0.05) is 28.9 Å². The zero-order valence-corrected chi connectivity index (χ0v) is 21.9. The summed E-state index contributed by atoms with van der Waals surface area (Å²) in [5.41, 5.74) is 1.15. The first-order valence-electron chi connectivity index (χ1n) is 12.1. The fourth-order valence-electron chi connectivity index (χ4n) is 4.00. The van der Waals surface area contributed by atoms with Gasteiger partial charge in [0.2, 0.25) is 5.91 Å². The van der Waals surface area contributed by atoms with Crippen LogP contribution in [0.1, 0.15) is 72.1 Å². The molecule has 1 saturated heterocycles. The second-order valence-corrected chi connectivity index (χ2v) is 10.2. The van der Waals surface area contributed by atoms with Crippen molar-refractivity contribution in [1.82, 2.24) is 4.90 Å². The molecule has 7 heteroatoms. The Hall–Kier alpha value is -0.890. The molecule has 3 unspecified atom stereocenters. The molecule has 1 aliphatic heterocycles. The lowest BCUT2D eigenvalue weighted by Crippen LogP contribution is -2.35. The molecule has 1 aliphatic carbocycles. The standard InChI is InChI=1S/C25H42BrNO5/c1-18-7-5-13-32-25(18)23(26)16-21(15-20(3)31-14-6-12-30-4)17-27(22-9-10-22)24(29)11-8-19(2)28/h15,18-20,22,28H,5-14,16-17H2,1-4H3/b21-15+,25-23-. The van der Waals surface area contributed by atoms with Gasteiger partial charge in [0.15, 0.2) is 0 Å². The maximum Gasteiger partial charge on any atom is 0.223 e. The van der Waals surface area contributed by atoms with Crippen LogP contribution in [-0.4, -0.2) is 67.6 Å². The molecule has 3 atom stereocenters. The SMILES string of the molecule is COCCCOC(C)/C=C(\C/C(Br)=C1/OCCCC1C)CN(C(=O)CCC(C)O)C1CC1. The highest BCUT2D eigenvalue weighted by Gasteiger charge is 2.33. The highest BCUT2D eigenvalue weighted by molar-refractivity contribution is 9.11. The molecule has 184 valence electrons. The van der Waals surface area contributed by atoms with E-state index in [9.17, 15) is 9.90 Å². The molecule has 0 aromatic carbocycles. The van der Waals surface area contributed by atoms with Crippen molar-refractivity contribution in [1.29, 1.82) is 0 Å². The molecule has 0 aromatic rings. The Balaban J connectivity index is 2.13. The van der Waals surface area contributed by atoms with Gasteiger partial charge in [0.25, 0.3) is 0 Å². The number of allylic oxidation sites excluding steroid dienone is 2. The number of carbonyl (C=O) groups is 1. The maximum atomic E-state index is 12.9. The molecule has 0 bridgehead atoms. The molecule has 32 heavy (non-hydrogen) atoms. The van der Waals surface area contributed by atoms with E-state index >= 15 is 0 Å². The van der Waals surface area contributed by atoms with Crippen LogP contribution in [0.25, 0.3) is 0 Å². The lowest BCUT2D eigenvalue weighted by molar-refractivity contribution is -0.131. The highest BCUT2D eigenvalue weighted by Crippen LogP contribution is 2.34. The molecule has 2 fully saturated rings. The Kier molecular flexibility index (Phi) is 12.3. The third kappa shape index (κ3) is 9.94. The summed E-state index contributed by atoms with van der Waals surface area (Å²) in [6.07, 6.45) is 8.42. The molecular weight excluding hydrogens is 474 g/mol. The Morgan fingerprint density at radius 1 is 1.31 bits per heavy atom. The minimum Gasteiger partial charge on any atom is -0.497 e. The van der Waals surface area contributed by atoms with Crippen molar-refractivity contribution in [3.05, 3.63) is 21.9 Å². The van der Waals surface area contributed by atoms with Crippen LogP contribution < -0.4 is 0 Å². The topological polar surface area (TPSA) is 68.2 Å². The number of halogens is 1. The second kappa shape index (κ2) is 14.4. The molecule has 1 heterocycles. The van der Waals surface area contributed by atoms with Gasteiger partial charge in [0.05, 0.1) is 18.8 Å². The minimum absolute atomic E-state index is 0.0505. The van der Waals surface area contributed by atoms with E-state index in [0.717, 1.165) is 54.5 Å². The summed E-state index contributed by atoms with van der Waals surface area (Å²) in [6.45, 7) is 8.66. The first kappa shape index (κ1) is 27.4. The van der Waals surface area contributed by atoms with Crippen molar-refractivity contribution in [3.63, 3.8) is 0 Å². The highest BCUT2D eigenvalue weighted by atomic mass is 79.9. The Labute approximate surface area is 202 Å². The molecule has 2 rings (SSSR count). The van der Waals surface area contributed by atoms with Gasteiger partial charge in [0.1, 0.15) is 5.76 Å². The summed E-state index contributed by atoms with van der Waals surface area (Å²) < 4.78 is 18.1. The molecule has 0 spiro atoms. The number of carbonyl (C=O) groups excluding carboxylic acids is 1. The van der Waals surface area contributed by atoms with Crippen LogP contribution in [0.3, 0.4) is 0 Å². The summed E-state index contributed by atoms with van der Waals surface area (Å²) in [4.78, 5) is 14.9. The van der Waals surface area contributed by atoms with E-state index in [1.54, 1.807) is 14.0 Å². The third-order valence-electron chi connectivity index (χ3n) is 5.94. The Bertz CT molecular complexity index is 644. The molecule has 0 radical (unpaired) electrons. The van der Waals surface area contributed by atoms with Crippen molar-refractivity contribution in [3.8, 4) is 0 Å². The van der Waals surface area contributed by atoms with Crippen molar-refractivity contribution in [2.45, 2.75) is 90.4 Å². The minimum atomic E-state index is -0.459. The average Bonchev–Trinajstić information content (AvgIpc) is 3.58. The number of methoxy groups -OCH3 is 1. The molecule has 1 amide bonds. The summed E-state index contributed by atoms with van der Waals surface area (Å²) in [7, 11) is 1.70. The van der Waals surface area contributed by atoms with Crippen molar-refractivity contribution in [2.24, 2.45) is 5.92 Å². The molecule has 6 nitrogen and oxygen atoms in total. The van der Waals surface area contributed by atoms with Crippen molar-refractivity contribution in [2.75, 3.05) is 33.5 Å². The summed E-state index contributed by atoms with van der Waals surface area (Å²) >= 11 is 3.79. The smallest absolute Gasteiger partial charge is 0.223 e.